The Kier molecular flexibility index (Phi) is 1.59. The molecule has 2 unspecified atom stereocenters. The molecule has 12 heavy (non-hydrogen) atoms. The quantitative estimate of drug-likeness (QED) is 0.594. The lowest BCUT2D eigenvalue weighted by Gasteiger charge is -2.50. The van der Waals surface area contributed by atoms with E-state index in [9.17, 15) is 4.79 Å². The van der Waals surface area contributed by atoms with Gasteiger partial charge in [0, 0.05) is 23.9 Å². The fourth-order valence-electron chi connectivity index (χ4n) is 2.92. The number of rotatable bonds is 0. The third-order valence-corrected chi connectivity index (χ3v) is 3.24. The first-order valence-corrected chi connectivity index (χ1v) is 4.83. The molecule has 2 heterocycles. The predicted octanol–water partition coefficient (Wildman–Crippen LogP) is 1.64. The van der Waals surface area contributed by atoms with Crippen LogP contribution in [0.5, 0.6) is 0 Å². The zero-order valence-electron chi connectivity index (χ0n) is 7.94. The van der Waals surface area contributed by atoms with E-state index in [1.54, 1.807) is 0 Å². The van der Waals surface area contributed by atoms with Crippen LogP contribution >= 0.6 is 0 Å². The van der Waals surface area contributed by atoms with Crippen molar-refractivity contribution in [3.05, 3.63) is 0 Å². The van der Waals surface area contributed by atoms with Gasteiger partial charge >= 0.3 is 0 Å². The smallest absolute Gasteiger partial charge is 0.136 e. The van der Waals surface area contributed by atoms with Crippen LogP contribution < -0.4 is 5.32 Å². The van der Waals surface area contributed by atoms with Crippen LogP contribution in [-0.2, 0) is 4.79 Å². The summed E-state index contributed by atoms with van der Waals surface area (Å²) < 4.78 is 0. The molecule has 0 aromatic rings. The van der Waals surface area contributed by atoms with Gasteiger partial charge in [0.15, 0.2) is 0 Å². The maximum absolute atomic E-state index is 11.4. The van der Waals surface area contributed by atoms with Gasteiger partial charge in [-0.15, -0.1) is 0 Å². The van der Waals surface area contributed by atoms with Crippen molar-refractivity contribution in [3.63, 3.8) is 0 Å². The highest BCUT2D eigenvalue weighted by atomic mass is 16.1. The molecule has 0 aromatic heterocycles. The largest absolute Gasteiger partial charge is 0.305 e. The summed E-state index contributed by atoms with van der Waals surface area (Å²) in [7, 11) is 0. The summed E-state index contributed by atoms with van der Waals surface area (Å²) in [5.41, 5.74) is 0.227. The number of Topliss-reactive ketones (excluding diaryl/α,β-unsaturated/α-hetero) is 1. The van der Waals surface area contributed by atoms with Crippen LogP contribution in [0.15, 0.2) is 0 Å². The molecule has 2 aliphatic heterocycles. The fraction of sp³-hybridized carbons (Fsp3) is 0.900. The molecule has 2 rings (SSSR count). The first-order chi connectivity index (χ1) is 5.52. The standard InChI is InChI=1S/C10H17NO/c1-9-4-3-5-10(2,11-9)7-8(12)6-9/h11H,3-7H2,1-2H3. The van der Waals surface area contributed by atoms with Crippen LogP contribution in [0, 0.1) is 0 Å². The zero-order chi connectivity index (χ0) is 8.82. The molecule has 0 radical (unpaired) electrons. The maximum Gasteiger partial charge on any atom is 0.136 e. The Balaban J connectivity index is 2.24. The van der Waals surface area contributed by atoms with Crippen LogP contribution in [0.2, 0.25) is 0 Å². The van der Waals surface area contributed by atoms with Gasteiger partial charge in [0.05, 0.1) is 0 Å². The summed E-state index contributed by atoms with van der Waals surface area (Å²) in [5, 5.41) is 3.62. The molecule has 2 atom stereocenters. The Morgan fingerprint density at radius 3 is 2.17 bits per heavy atom. The molecule has 2 heteroatoms. The molecule has 0 saturated carbocycles. The highest BCUT2D eigenvalue weighted by Gasteiger charge is 2.44. The molecule has 0 aliphatic carbocycles. The van der Waals surface area contributed by atoms with Crippen LogP contribution in [0.3, 0.4) is 0 Å². The third kappa shape index (κ3) is 1.28. The predicted molar refractivity (Wildman–Crippen MR) is 48.0 cm³/mol. The summed E-state index contributed by atoms with van der Waals surface area (Å²) in [4.78, 5) is 11.4. The topological polar surface area (TPSA) is 29.1 Å². The number of carbonyl (C=O) groups excluding carboxylic acids is 1. The Morgan fingerprint density at radius 1 is 1.17 bits per heavy atom. The molecule has 2 aliphatic rings. The van der Waals surface area contributed by atoms with Crippen molar-refractivity contribution < 1.29 is 4.79 Å². The van der Waals surface area contributed by atoms with E-state index in [2.05, 4.69) is 19.2 Å². The van der Waals surface area contributed by atoms with Gasteiger partial charge in [0.1, 0.15) is 5.78 Å². The maximum atomic E-state index is 11.4. The summed E-state index contributed by atoms with van der Waals surface area (Å²) in [6.07, 6.45) is 5.07. The molecule has 68 valence electrons. The summed E-state index contributed by atoms with van der Waals surface area (Å²) in [6.45, 7) is 4.36. The lowest BCUT2D eigenvalue weighted by atomic mass is 9.71. The van der Waals surface area contributed by atoms with Crippen LogP contribution in [-0.4, -0.2) is 16.9 Å². The fourth-order valence-corrected chi connectivity index (χ4v) is 2.92. The SMILES string of the molecule is CC12CCCC(C)(CC(=O)C1)N2. The highest BCUT2D eigenvalue weighted by molar-refractivity contribution is 5.82. The van der Waals surface area contributed by atoms with Crippen molar-refractivity contribution in [2.45, 2.75) is 57.0 Å². The van der Waals surface area contributed by atoms with E-state index < -0.39 is 0 Å². The third-order valence-electron chi connectivity index (χ3n) is 3.24. The Hall–Kier alpha value is -0.370. The molecule has 2 saturated heterocycles. The highest BCUT2D eigenvalue weighted by Crippen LogP contribution is 2.37. The van der Waals surface area contributed by atoms with Gasteiger partial charge in [-0.2, -0.15) is 0 Å². The summed E-state index contributed by atoms with van der Waals surface area (Å²) in [5.74, 6) is 0.443. The molecule has 2 bridgehead atoms. The average Bonchev–Trinajstić information content (AvgIpc) is 1.79. The lowest BCUT2D eigenvalue weighted by molar-refractivity contribution is -0.126. The van der Waals surface area contributed by atoms with Gasteiger partial charge in [-0.1, -0.05) is 0 Å². The molecule has 2 fully saturated rings. The van der Waals surface area contributed by atoms with Crippen molar-refractivity contribution in [2.75, 3.05) is 0 Å². The Bertz CT molecular complexity index is 206. The van der Waals surface area contributed by atoms with E-state index in [-0.39, 0.29) is 11.1 Å². The van der Waals surface area contributed by atoms with Gasteiger partial charge in [0.2, 0.25) is 0 Å². The zero-order valence-corrected chi connectivity index (χ0v) is 7.94. The van der Waals surface area contributed by atoms with E-state index in [1.807, 2.05) is 0 Å². The summed E-state index contributed by atoms with van der Waals surface area (Å²) in [6, 6.07) is 0. The van der Waals surface area contributed by atoms with E-state index in [0.29, 0.717) is 5.78 Å². The van der Waals surface area contributed by atoms with E-state index in [4.69, 9.17) is 0 Å². The van der Waals surface area contributed by atoms with Crippen molar-refractivity contribution >= 4 is 5.78 Å². The Morgan fingerprint density at radius 2 is 1.67 bits per heavy atom. The number of carbonyl (C=O) groups is 1. The molecule has 1 N–H and O–H groups in total. The van der Waals surface area contributed by atoms with Crippen LogP contribution in [0.4, 0.5) is 0 Å². The van der Waals surface area contributed by atoms with Gasteiger partial charge < -0.3 is 5.32 Å². The van der Waals surface area contributed by atoms with Crippen LogP contribution in [0.1, 0.15) is 46.0 Å². The molecule has 0 aromatic carbocycles. The van der Waals surface area contributed by atoms with Gasteiger partial charge in [-0.25, -0.2) is 0 Å². The number of ketones is 1. The lowest BCUT2D eigenvalue weighted by Crippen LogP contribution is -2.63. The number of hydrogen-bond acceptors (Lipinski definition) is 2. The second-order valence-electron chi connectivity index (χ2n) is 4.99. The van der Waals surface area contributed by atoms with Crippen molar-refractivity contribution in [3.8, 4) is 0 Å². The minimum atomic E-state index is 0.113. The van der Waals surface area contributed by atoms with E-state index in [1.165, 1.54) is 6.42 Å². The second kappa shape index (κ2) is 2.32. The van der Waals surface area contributed by atoms with Gasteiger partial charge in [-0.3, -0.25) is 4.79 Å². The Labute approximate surface area is 73.7 Å². The molecular formula is C10H17NO. The number of fused-ring (bicyclic) bond motifs is 2. The molecule has 2 nitrogen and oxygen atoms in total. The molecule has 0 spiro atoms. The van der Waals surface area contributed by atoms with E-state index in [0.717, 1.165) is 25.7 Å². The minimum absolute atomic E-state index is 0.113. The van der Waals surface area contributed by atoms with Crippen molar-refractivity contribution in [2.24, 2.45) is 0 Å². The molecular weight excluding hydrogens is 150 g/mol. The first-order valence-electron chi connectivity index (χ1n) is 4.83. The minimum Gasteiger partial charge on any atom is -0.305 e. The summed E-state index contributed by atoms with van der Waals surface area (Å²) >= 11 is 0. The monoisotopic (exact) mass is 167 g/mol. The van der Waals surface area contributed by atoms with E-state index >= 15 is 0 Å². The average molecular weight is 167 g/mol. The van der Waals surface area contributed by atoms with Crippen molar-refractivity contribution in [1.29, 1.82) is 0 Å². The normalized spacial score (nSPS) is 47.7. The van der Waals surface area contributed by atoms with Crippen molar-refractivity contribution in [1.82, 2.24) is 5.32 Å². The first kappa shape index (κ1) is 8.24. The second-order valence-corrected chi connectivity index (χ2v) is 4.99. The number of hydrogen-bond donors (Lipinski definition) is 1. The van der Waals surface area contributed by atoms with Gasteiger partial charge in [-0.05, 0) is 33.1 Å². The molecule has 0 amide bonds. The number of piperidine rings is 2. The number of nitrogens with one attached hydrogen (secondary N) is 1. The van der Waals surface area contributed by atoms with Gasteiger partial charge in [0.25, 0.3) is 0 Å². The van der Waals surface area contributed by atoms with Crippen LogP contribution in [0.25, 0.3) is 0 Å².